The van der Waals surface area contributed by atoms with Crippen LogP contribution in [0, 0.1) is 6.92 Å². The molecular weight excluding hydrogens is 262 g/mol. The molecule has 1 aliphatic rings. The van der Waals surface area contributed by atoms with Crippen LogP contribution in [0.1, 0.15) is 36.8 Å². The maximum absolute atomic E-state index is 12.1. The Morgan fingerprint density at radius 3 is 2.81 bits per heavy atom. The third-order valence-electron chi connectivity index (χ3n) is 4.21. The zero-order valence-corrected chi connectivity index (χ0v) is 13.0. The molecule has 4 nitrogen and oxygen atoms in total. The zero-order chi connectivity index (χ0) is 15.1. The van der Waals surface area contributed by atoms with E-state index in [1.807, 2.05) is 0 Å². The van der Waals surface area contributed by atoms with Gasteiger partial charge in [-0.3, -0.25) is 9.69 Å². The molecule has 1 fully saturated rings. The van der Waals surface area contributed by atoms with Crippen molar-refractivity contribution in [3.05, 3.63) is 35.4 Å². The molecule has 4 heteroatoms. The highest BCUT2D eigenvalue weighted by Gasteiger charge is 2.23. The summed E-state index contributed by atoms with van der Waals surface area (Å²) in [6.07, 6.45) is 4.60. The monoisotopic (exact) mass is 289 g/mol. The van der Waals surface area contributed by atoms with E-state index in [0.717, 1.165) is 18.5 Å². The molecule has 1 amide bonds. The van der Waals surface area contributed by atoms with Crippen molar-refractivity contribution < 1.29 is 4.79 Å². The maximum atomic E-state index is 12.1. The van der Waals surface area contributed by atoms with Gasteiger partial charge in [-0.05, 0) is 44.8 Å². The summed E-state index contributed by atoms with van der Waals surface area (Å²) in [5, 5.41) is 3.02. The number of likely N-dealkylation sites (tertiary alicyclic amines) is 1. The fourth-order valence-corrected chi connectivity index (χ4v) is 2.93. The number of nitrogens with two attached hydrogens (primary N) is 1. The van der Waals surface area contributed by atoms with Crippen molar-refractivity contribution in [1.29, 1.82) is 0 Å². The summed E-state index contributed by atoms with van der Waals surface area (Å²) >= 11 is 0. The van der Waals surface area contributed by atoms with Crippen LogP contribution in [0.2, 0.25) is 0 Å². The van der Waals surface area contributed by atoms with Gasteiger partial charge in [-0.2, -0.15) is 0 Å². The van der Waals surface area contributed by atoms with Crippen molar-refractivity contribution in [3.63, 3.8) is 0 Å². The Hall–Kier alpha value is -1.39. The predicted octanol–water partition coefficient (Wildman–Crippen LogP) is 1.81. The van der Waals surface area contributed by atoms with Gasteiger partial charge in [-0.1, -0.05) is 36.2 Å². The molecule has 2 rings (SSSR count). The number of hydrogen-bond acceptors (Lipinski definition) is 3. The molecule has 1 aromatic carbocycles. The zero-order valence-electron chi connectivity index (χ0n) is 13.0. The summed E-state index contributed by atoms with van der Waals surface area (Å²) in [4.78, 5) is 14.4. The smallest absolute Gasteiger partial charge is 0.234 e. The van der Waals surface area contributed by atoms with Gasteiger partial charge in [0.25, 0.3) is 0 Å². The Morgan fingerprint density at radius 2 is 2.10 bits per heavy atom. The Balaban J connectivity index is 1.78. The molecule has 1 saturated heterocycles. The summed E-state index contributed by atoms with van der Waals surface area (Å²) in [7, 11) is 0. The SMILES string of the molecule is Cc1ccc(CNC(=O)CN2CCCCC2CCN)cc1. The quantitative estimate of drug-likeness (QED) is 0.840. The normalized spacial score (nSPS) is 19.4. The maximum Gasteiger partial charge on any atom is 0.234 e. The van der Waals surface area contributed by atoms with Crippen molar-refractivity contribution in [2.45, 2.75) is 45.2 Å². The number of piperidine rings is 1. The first-order valence-electron chi connectivity index (χ1n) is 7.95. The van der Waals surface area contributed by atoms with Crippen LogP contribution in [0.15, 0.2) is 24.3 Å². The molecule has 116 valence electrons. The number of aryl methyl sites for hydroxylation is 1. The second kappa shape index (κ2) is 8.15. The largest absolute Gasteiger partial charge is 0.351 e. The average molecular weight is 289 g/mol. The van der Waals surface area contributed by atoms with E-state index in [1.54, 1.807) is 0 Å². The fraction of sp³-hybridized carbons (Fsp3) is 0.588. The number of hydrogen-bond donors (Lipinski definition) is 2. The number of carbonyl (C=O) groups is 1. The third-order valence-corrected chi connectivity index (χ3v) is 4.21. The number of carbonyl (C=O) groups excluding carboxylic acids is 1. The van der Waals surface area contributed by atoms with Gasteiger partial charge in [-0.25, -0.2) is 0 Å². The van der Waals surface area contributed by atoms with Crippen LogP contribution in [-0.2, 0) is 11.3 Å². The van der Waals surface area contributed by atoms with Gasteiger partial charge < -0.3 is 11.1 Å². The van der Waals surface area contributed by atoms with E-state index in [9.17, 15) is 4.79 Å². The van der Waals surface area contributed by atoms with Crippen LogP contribution >= 0.6 is 0 Å². The minimum Gasteiger partial charge on any atom is -0.351 e. The Kier molecular flexibility index (Phi) is 6.21. The van der Waals surface area contributed by atoms with E-state index < -0.39 is 0 Å². The molecule has 1 unspecified atom stereocenters. The van der Waals surface area contributed by atoms with Gasteiger partial charge >= 0.3 is 0 Å². The van der Waals surface area contributed by atoms with Gasteiger partial charge in [0.1, 0.15) is 0 Å². The van der Waals surface area contributed by atoms with Crippen molar-refractivity contribution in [2.24, 2.45) is 5.73 Å². The van der Waals surface area contributed by atoms with Crippen molar-refractivity contribution in [1.82, 2.24) is 10.2 Å². The van der Waals surface area contributed by atoms with Crippen LogP contribution in [-0.4, -0.2) is 36.5 Å². The minimum absolute atomic E-state index is 0.111. The lowest BCUT2D eigenvalue weighted by Crippen LogP contribution is -2.46. The lowest BCUT2D eigenvalue weighted by Gasteiger charge is -2.35. The molecule has 0 aliphatic carbocycles. The van der Waals surface area contributed by atoms with Crippen LogP contribution in [0.3, 0.4) is 0 Å². The number of rotatable bonds is 6. The molecule has 3 N–H and O–H groups in total. The van der Waals surface area contributed by atoms with Gasteiger partial charge in [0.15, 0.2) is 0 Å². The highest BCUT2D eigenvalue weighted by molar-refractivity contribution is 5.78. The van der Waals surface area contributed by atoms with Crippen LogP contribution in [0.4, 0.5) is 0 Å². The molecular formula is C17H27N3O. The second-order valence-corrected chi connectivity index (χ2v) is 5.96. The lowest BCUT2D eigenvalue weighted by molar-refractivity contribution is -0.123. The van der Waals surface area contributed by atoms with Gasteiger partial charge in [0.05, 0.1) is 6.54 Å². The van der Waals surface area contributed by atoms with Gasteiger partial charge in [0.2, 0.25) is 5.91 Å². The lowest BCUT2D eigenvalue weighted by atomic mass is 9.99. The number of nitrogens with one attached hydrogen (secondary N) is 1. The topological polar surface area (TPSA) is 58.4 Å². The summed E-state index contributed by atoms with van der Waals surface area (Å²) in [6.45, 7) is 4.89. The Bertz CT molecular complexity index is 442. The summed E-state index contributed by atoms with van der Waals surface area (Å²) < 4.78 is 0. The second-order valence-electron chi connectivity index (χ2n) is 5.96. The van der Waals surface area contributed by atoms with E-state index in [2.05, 4.69) is 41.4 Å². The summed E-state index contributed by atoms with van der Waals surface area (Å²) in [5.74, 6) is 0.111. The number of nitrogens with zero attached hydrogens (tertiary/aromatic N) is 1. The molecule has 21 heavy (non-hydrogen) atoms. The molecule has 0 spiro atoms. The standard InChI is InChI=1S/C17H27N3O/c1-14-5-7-15(8-6-14)12-19-17(21)13-20-11-3-2-4-16(20)9-10-18/h5-8,16H,2-4,9-13,18H2,1H3,(H,19,21). The summed E-state index contributed by atoms with van der Waals surface area (Å²) in [6, 6.07) is 8.75. The number of amides is 1. The van der Waals surface area contributed by atoms with Gasteiger partial charge in [0, 0.05) is 12.6 Å². The summed E-state index contributed by atoms with van der Waals surface area (Å²) in [5.41, 5.74) is 8.06. The van der Waals surface area contributed by atoms with E-state index >= 15 is 0 Å². The third kappa shape index (κ3) is 5.14. The Morgan fingerprint density at radius 1 is 1.33 bits per heavy atom. The Labute approximate surface area is 127 Å². The molecule has 1 aromatic rings. The van der Waals surface area contributed by atoms with Crippen molar-refractivity contribution >= 4 is 5.91 Å². The highest BCUT2D eigenvalue weighted by Crippen LogP contribution is 2.18. The van der Waals surface area contributed by atoms with Crippen LogP contribution in [0.5, 0.6) is 0 Å². The first-order valence-corrected chi connectivity index (χ1v) is 7.95. The average Bonchev–Trinajstić information content (AvgIpc) is 2.49. The molecule has 0 saturated carbocycles. The molecule has 0 radical (unpaired) electrons. The van der Waals surface area contributed by atoms with Crippen LogP contribution < -0.4 is 11.1 Å². The molecule has 0 bridgehead atoms. The first-order chi connectivity index (χ1) is 10.2. The van der Waals surface area contributed by atoms with E-state index in [4.69, 9.17) is 5.73 Å². The van der Waals surface area contributed by atoms with Crippen molar-refractivity contribution in [3.8, 4) is 0 Å². The van der Waals surface area contributed by atoms with Gasteiger partial charge in [-0.15, -0.1) is 0 Å². The first kappa shape index (κ1) is 16.0. The molecule has 1 aliphatic heterocycles. The predicted molar refractivity (Wildman–Crippen MR) is 85.9 cm³/mol. The van der Waals surface area contributed by atoms with E-state index in [0.29, 0.717) is 25.7 Å². The minimum atomic E-state index is 0.111. The highest BCUT2D eigenvalue weighted by atomic mass is 16.2. The fourth-order valence-electron chi connectivity index (χ4n) is 2.93. The van der Waals surface area contributed by atoms with E-state index in [1.165, 1.54) is 24.8 Å². The van der Waals surface area contributed by atoms with Crippen molar-refractivity contribution in [2.75, 3.05) is 19.6 Å². The number of benzene rings is 1. The molecule has 1 atom stereocenters. The molecule has 1 heterocycles. The molecule has 0 aromatic heterocycles. The van der Waals surface area contributed by atoms with E-state index in [-0.39, 0.29) is 5.91 Å². The van der Waals surface area contributed by atoms with Crippen LogP contribution in [0.25, 0.3) is 0 Å².